The number of aromatic nitrogens is 2. The Labute approximate surface area is 173 Å². The van der Waals surface area contributed by atoms with Crippen molar-refractivity contribution in [2.24, 2.45) is 0 Å². The van der Waals surface area contributed by atoms with Crippen LogP contribution in [-0.4, -0.2) is 33.6 Å². The van der Waals surface area contributed by atoms with Crippen molar-refractivity contribution in [3.63, 3.8) is 0 Å². The standard InChI is InChI=1S/C22H25N3O5/c1-11(2)13-7-15(12(3)4)20(27)16(8-13)21(28)30-10-19(26)23-14-5-6-17-18(9-14)25-22(29)24-17/h5-9,11-12,27H,10H2,1-4H3,(H,23,26)(H2,24,25,29). The first-order valence-electron chi connectivity index (χ1n) is 9.71. The fraction of sp³-hybridized carbons (Fsp3) is 0.318. The summed E-state index contributed by atoms with van der Waals surface area (Å²) < 4.78 is 5.13. The summed E-state index contributed by atoms with van der Waals surface area (Å²) in [5.74, 6) is -1.25. The predicted octanol–water partition coefficient (Wildman–Crippen LogP) is 3.60. The van der Waals surface area contributed by atoms with Crippen LogP contribution < -0.4 is 11.0 Å². The average Bonchev–Trinajstić information content (AvgIpc) is 3.05. The van der Waals surface area contributed by atoms with Crippen LogP contribution in [0.5, 0.6) is 5.75 Å². The van der Waals surface area contributed by atoms with Gasteiger partial charge in [-0.05, 0) is 47.2 Å². The largest absolute Gasteiger partial charge is 0.507 e. The molecule has 0 bridgehead atoms. The minimum atomic E-state index is -0.766. The van der Waals surface area contributed by atoms with E-state index in [0.29, 0.717) is 22.3 Å². The summed E-state index contributed by atoms with van der Waals surface area (Å²) >= 11 is 0. The summed E-state index contributed by atoms with van der Waals surface area (Å²) in [6.45, 7) is 7.33. The number of esters is 1. The van der Waals surface area contributed by atoms with Crippen molar-refractivity contribution in [1.82, 2.24) is 9.97 Å². The van der Waals surface area contributed by atoms with Gasteiger partial charge in [-0.1, -0.05) is 33.8 Å². The Hall–Kier alpha value is -3.55. The van der Waals surface area contributed by atoms with Crippen LogP contribution in [0, 0.1) is 0 Å². The highest BCUT2D eigenvalue weighted by Crippen LogP contribution is 2.33. The molecule has 0 aliphatic heterocycles. The van der Waals surface area contributed by atoms with E-state index in [1.807, 2.05) is 33.8 Å². The Morgan fingerprint density at radius 2 is 1.73 bits per heavy atom. The Kier molecular flexibility index (Phi) is 5.96. The molecule has 8 nitrogen and oxygen atoms in total. The summed E-state index contributed by atoms with van der Waals surface area (Å²) in [6, 6.07) is 8.36. The van der Waals surface area contributed by atoms with Crippen molar-refractivity contribution in [2.45, 2.75) is 39.5 Å². The van der Waals surface area contributed by atoms with E-state index >= 15 is 0 Å². The number of phenolic OH excluding ortho intramolecular Hbond substituents is 1. The van der Waals surface area contributed by atoms with Crippen LogP contribution in [-0.2, 0) is 9.53 Å². The first-order chi connectivity index (χ1) is 14.2. The van der Waals surface area contributed by atoms with E-state index in [1.165, 1.54) is 0 Å². The molecule has 0 spiro atoms. The number of ether oxygens (including phenoxy) is 1. The highest BCUT2D eigenvalue weighted by Gasteiger charge is 2.21. The van der Waals surface area contributed by atoms with Crippen molar-refractivity contribution in [1.29, 1.82) is 0 Å². The first-order valence-corrected chi connectivity index (χ1v) is 9.71. The third kappa shape index (κ3) is 4.53. The zero-order valence-corrected chi connectivity index (χ0v) is 17.3. The topological polar surface area (TPSA) is 124 Å². The Balaban J connectivity index is 1.71. The van der Waals surface area contributed by atoms with Crippen LogP contribution in [0.15, 0.2) is 35.1 Å². The summed E-state index contributed by atoms with van der Waals surface area (Å²) in [5, 5.41) is 13.1. The van der Waals surface area contributed by atoms with Gasteiger partial charge >= 0.3 is 11.7 Å². The Morgan fingerprint density at radius 3 is 2.40 bits per heavy atom. The van der Waals surface area contributed by atoms with Crippen molar-refractivity contribution in [3.8, 4) is 5.75 Å². The van der Waals surface area contributed by atoms with Crippen molar-refractivity contribution in [2.75, 3.05) is 11.9 Å². The van der Waals surface area contributed by atoms with Gasteiger partial charge in [-0.25, -0.2) is 9.59 Å². The number of carbonyl (C=O) groups is 2. The molecule has 4 N–H and O–H groups in total. The molecule has 0 saturated carbocycles. The van der Waals surface area contributed by atoms with Gasteiger partial charge in [0.2, 0.25) is 0 Å². The van der Waals surface area contributed by atoms with Crippen LogP contribution in [0.1, 0.15) is 61.0 Å². The molecule has 1 amide bonds. The number of benzene rings is 2. The molecule has 3 rings (SSSR count). The normalized spacial score (nSPS) is 11.3. The summed E-state index contributed by atoms with van der Waals surface area (Å²) in [7, 11) is 0. The zero-order valence-electron chi connectivity index (χ0n) is 17.3. The second-order valence-corrected chi connectivity index (χ2v) is 7.78. The van der Waals surface area contributed by atoms with E-state index < -0.39 is 18.5 Å². The third-order valence-electron chi connectivity index (χ3n) is 4.80. The highest BCUT2D eigenvalue weighted by molar-refractivity contribution is 5.98. The molecule has 158 valence electrons. The van der Waals surface area contributed by atoms with Crippen LogP contribution >= 0.6 is 0 Å². The highest BCUT2D eigenvalue weighted by atomic mass is 16.5. The van der Waals surface area contributed by atoms with E-state index in [2.05, 4.69) is 15.3 Å². The minimum Gasteiger partial charge on any atom is -0.507 e. The molecule has 0 aliphatic carbocycles. The molecular formula is C22H25N3O5. The number of aromatic hydroxyl groups is 1. The number of imidazole rings is 1. The van der Waals surface area contributed by atoms with Crippen LogP contribution in [0.4, 0.5) is 5.69 Å². The number of phenols is 1. The fourth-order valence-corrected chi connectivity index (χ4v) is 3.13. The summed E-state index contributed by atoms with van der Waals surface area (Å²) in [5.41, 5.74) is 2.88. The van der Waals surface area contributed by atoms with E-state index in [4.69, 9.17) is 4.74 Å². The molecule has 0 aliphatic rings. The number of anilines is 1. The predicted molar refractivity (Wildman–Crippen MR) is 114 cm³/mol. The maximum absolute atomic E-state index is 12.5. The lowest BCUT2D eigenvalue weighted by atomic mass is 9.92. The number of fused-ring (bicyclic) bond motifs is 1. The lowest BCUT2D eigenvalue weighted by molar-refractivity contribution is -0.119. The van der Waals surface area contributed by atoms with Crippen LogP contribution in [0.2, 0.25) is 0 Å². The molecule has 0 fully saturated rings. The minimum absolute atomic E-state index is 0.0216. The maximum atomic E-state index is 12.5. The molecular weight excluding hydrogens is 386 g/mol. The molecule has 0 unspecified atom stereocenters. The number of nitrogens with one attached hydrogen (secondary N) is 3. The van der Waals surface area contributed by atoms with Gasteiger partial charge in [0.15, 0.2) is 6.61 Å². The van der Waals surface area contributed by atoms with Crippen molar-refractivity contribution >= 4 is 28.6 Å². The van der Waals surface area contributed by atoms with Gasteiger partial charge in [0.25, 0.3) is 5.91 Å². The molecule has 0 radical (unpaired) electrons. The number of aromatic amines is 2. The zero-order chi connectivity index (χ0) is 22.0. The van der Waals surface area contributed by atoms with Gasteiger partial charge in [0.1, 0.15) is 11.3 Å². The first kappa shape index (κ1) is 21.2. The molecule has 3 aromatic rings. The number of rotatable bonds is 6. The second-order valence-electron chi connectivity index (χ2n) is 7.78. The molecule has 1 aromatic heterocycles. The van der Waals surface area contributed by atoms with Crippen molar-refractivity contribution < 1.29 is 19.4 Å². The molecule has 1 heterocycles. The quantitative estimate of drug-likeness (QED) is 0.461. The number of hydrogen-bond acceptors (Lipinski definition) is 5. The average molecular weight is 411 g/mol. The van der Waals surface area contributed by atoms with E-state index in [-0.39, 0.29) is 28.8 Å². The number of carbonyl (C=O) groups excluding carboxylic acids is 2. The van der Waals surface area contributed by atoms with Gasteiger partial charge in [0, 0.05) is 5.69 Å². The lowest BCUT2D eigenvalue weighted by Crippen LogP contribution is -2.21. The SMILES string of the molecule is CC(C)c1cc(C(=O)OCC(=O)Nc2ccc3[nH]c(=O)[nH]c3c2)c(O)c(C(C)C)c1. The van der Waals surface area contributed by atoms with Crippen LogP contribution in [0.3, 0.4) is 0 Å². The maximum Gasteiger partial charge on any atom is 0.342 e. The van der Waals surface area contributed by atoms with Gasteiger partial charge in [-0.3, -0.25) is 4.79 Å². The van der Waals surface area contributed by atoms with Gasteiger partial charge in [0.05, 0.1) is 11.0 Å². The second kappa shape index (κ2) is 8.44. The number of hydrogen-bond donors (Lipinski definition) is 4. The third-order valence-corrected chi connectivity index (χ3v) is 4.80. The molecule has 2 aromatic carbocycles. The van der Waals surface area contributed by atoms with Gasteiger partial charge in [-0.15, -0.1) is 0 Å². The Bertz CT molecular complexity index is 1160. The Morgan fingerprint density at radius 1 is 1.03 bits per heavy atom. The van der Waals surface area contributed by atoms with Crippen LogP contribution in [0.25, 0.3) is 11.0 Å². The monoisotopic (exact) mass is 411 g/mol. The van der Waals surface area contributed by atoms with Crippen molar-refractivity contribution in [3.05, 3.63) is 57.5 Å². The van der Waals surface area contributed by atoms with Gasteiger partial charge < -0.3 is 25.1 Å². The molecule has 0 saturated heterocycles. The smallest absolute Gasteiger partial charge is 0.342 e. The number of amides is 1. The number of H-pyrrole nitrogens is 2. The van der Waals surface area contributed by atoms with E-state index in [1.54, 1.807) is 24.3 Å². The van der Waals surface area contributed by atoms with E-state index in [0.717, 1.165) is 5.56 Å². The molecule has 0 atom stereocenters. The summed E-state index contributed by atoms with van der Waals surface area (Å²) in [4.78, 5) is 41.3. The van der Waals surface area contributed by atoms with Gasteiger partial charge in [-0.2, -0.15) is 0 Å². The lowest BCUT2D eigenvalue weighted by Gasteiger charge is -2.16. The molecule has 30 heavy (non-hydrogen) atoms. The molecule has 8 heteroatoms. The fourth-order valence-electron chi connectivity index (χ4n) is 3.13. The van der Waals surface area contributed by atoms with E-state index in [9.17, 15) is 19.5 Å². The summed E-state index contributed by atoms with van der Waals surface area (Å²) in [6.07, 6.45) is 0.